The molecule has 0 aliphatic carbocycles. The van der Waals surface area contributed by atoms with Gasteiger partial charge in [0.2, 0.25) is 10.0 Å². The molecule has 0 unspecified atom stereocenters. The quantitative estimate of drug-likeness (QED) is 0.630. The Morgan fingerprint density at radius 3 is 2.54 bits per heavy atom. The van der Waals surface area contributed by atoms with E-state index >= 15 is 0 Å². The van der Waals surface area contributed by atoms with Gasteiger partial charge in [0.25, 0.3) is 0 Å². The van der Waals surface area contributed by atoms with Crippen LogP contribution in [0.2, 0.25) is 0 Å². The van der Waals surface area contributed by atoms with Gasteiger partial charge in [0.05, 0.1) is 28.2 Å². The van der Waals surface area contributed by atoms with Crippen LogP contribution in [0.25, 0.3) is 0 Å². The summed E-state index contributed by atoms with van der Waals surface area (Å²) >= 11 is 3.43. The standard InChI is InChI=1S/C17H26BrNO4S/c1-4-5-6-9-22-17-10-15(7-8-16(17)18)24(20,21)19-11-13(2)23-14(3)12-19/h7-8,10,13-14H,4-6,9,11-12H2,1-3H3/t13-,14-/m0/s1. The number of ether oxygens (including phenoxy) is 2. The Labute approximate surface area is 153 Å². The normalized spacial score (nSPS) is 22.5. The van der Waals surface area contributed by atoms with Crippen molar-refractivity contribution in [2.75, 3.05) is 19.7 Å². The maximum absolute atomic E-state index is 12.9. The van der Waals surface area contributed by atoms with Crippen molar-refractivity contribution in [3.05, 3.63) is 22.7 Å². The molecule has 2 atom stereocenters. The van der Waals surface area contributed by atoms with Crippen LogP contribution < -0.4 is 4.74 Å². The van der Waals surface area contributed by atoms with Gasteiger partial charge >= 0.3 is 0 Å². The number of hydrogen-bond donors (Lipinski definition) is 0. The minimum atomic E-state index is -3.55. The van der Waals surface area contributed by atoms with Crippen molar-refractivity contribution >= 4 is 26.0 Å². The third-order valence-corrected chi connectivity index (χ3v) is 6.41. The van der Waals surface area contributed by atoms with E-state index in [1.54, 1.807) is 18.2 Å². The second kappa shape index (κ2) is 8.65. The summed E-state index contributed by atoms with van der Waals surface area (Å²) in [7, 11) is -3.55. The summed E-state index contributed by atoms with van der Waals surface area (Å²) in [5.41, 5.74) is 0. The molecule has 24 heavy (non-hydrogen) atoms. The molecular weight excluding hydrogens is 394 g/mol. The van der Waals surface area contributed by atoms with Crippen molar-refractivity contribution in [1.29, 1.82) is 0 Å². The highest BCUT2D eigenvalue weighted by Gasteiger charge is 2.32. The number of halogens is 1. The molecular formula is C17H26BrNO4S. The van der Waals surface area contributed by atoms with E-state index in [1.807, 2.05) is 13.8 Å². The van der Waals surface area contributed by atoms with Crippen molar-refractivity contribution < 1.29 is 17.9 Å². The summed E-state index contributed by atoms with van der Waals surface area (Å²) in [6.07, 6.45) is 2.96. The van der Waals surface area contributed by atoms with Crippen LogP contribution in [0.5, 0.6) is 5.75 Å². The van der Waals surface area contributed by atoms with Crippen molar-refractivity contribution in [1.82, 2.24) is 4.31 Å². The summed E-state index contributed by atoms with van der Waals surface area (Å²) in [6, 6.07) is 4.95. The number of rotatable bonds is 7. The lowest BCUT2D eigenvalue weighted by Gasteiger charge is -2.34. The second-order valence-corrected chi connectivity index (χ2v) is 9.02. The topological polar surface area (TPSA) is 55.8 Å². The van der Waals surface area contributed by atoms with E-state index in [0.29, 0.717) is 25.4 Å². The predicted molar refractivity (Wildman–Crippen MR) is 97.9 cm³/mol. The van der Waals surface area contributed by atoms with Crippen LogP contribution >= 0.6 is 15.9 Å². The number of unbranched alkanes of at least 4 members (excludes halogenated alkanes) is 2. The van der Waals surface area contributed by atoms with Gasteiger partial charge in [-0.3, -0.25) is 0 Å². The molecule has 7 heteroatoms. The summed E-state index contributed by atoms with van der Waals surface area (Å²) in [4.78, 5) is 0.262. The van der Waals surface area contributed by atoms with E-state index < -0.39 is 10.0 Å². The van der Waals surface area contributed by atoms with Crippen LogP contribution in [0, 0.1) is 0 Å². The fraction of sp³-hybridized carbons (Fsp3) is 0.647. The highest BCUT2D eigenvalue weighted by Crippen LogP contribution is 2.30. The average molecular weight is 420 g/mol. The predicted octanol–water partition coefficient (Wildman–Crippen LogP) is 3.82. The summed E-state index contributed by atoms with van der Waals surface area (Å²) in [5, 5.41) is 0. The van der Waals surface area contributed by atoms with Gasteiger partial charge in [-0.25, -0.2) is 8.42 Å². The third kappa shape index (κ3) is 4.94. The molecule has 5 nitrogen and oxygen atoms in total. The minimum Gasteiger partial charge on any atom is -0.492 e. The van der Waals surface area contributed by atoms with Crippen LogP contribution in [0.15, 0.2) is 27.6 Å². The van der Waals surface area contributed by atoms with Gasteiger partial charge in [-0.15, -0.1) is 0 Å². The van der Waals surface area contributed by atoms with Gasteiger partial charge in [0.1, 0.15) is 5.75 Å². The highest BCUT2D eigenvalue weighted by molar-refractivity contribution is 9.10. The van der Waals surface area contributed by atoms with Crippen molar-refractivity contribution in [2.45, 2.75) is 57.1 Å². The average Bonchev–Trinajstić information content (AvgIpc) is 2.52. The fourth-order valence-corrected chi connectivity index (χ4v) is 4.73. The van der Waals surface area contributed by atoms with E-state index in [1.165, 1.54) is 4.31 Å². The van der Waals surface area contributed by atoms with E-state index in [4.69, 9.17) is 9.47 Å². The van der Waals surface area contributed by atoms with Crippen molar-refractivity contribution in [3.8, 4) is 5.75 Å². The number of nitrogens with zero attached hydrogens (tertiary/aromatic N) is 1. The third-order valence-electron chi connectivity index (χ3n) is 3.93. The first kappa shape index (κ1) is 19.7. The molecule has 0 saturated carbocycles. The van der Waals surface area contributed by atoms with Crippen LogP contribution in [-0.4, -0.2) is 44.6 Å². The Morgan fingerprint density at radius 1 is 1.25 bits per heavy atom. The fourth-order valence-electron chi connectivity index (χ4n) is 2.76. The molecule has 136 valence electrons. The zero-order valence-electron chi connectivity index (χ0n) is 14.5. The Hall–Kier alpha value is -0.630. The molecule has 2 rings (SSSR count). The first-order valence-electron chi connectivity index (χ1n) is 8.42. The van der Waals surface area contributed by atoms with E-state index in [2.05, 4.69) is 22.9 Å². The van der Waals surface area contributed by atoms with Gasteiger partial charge in [0, 0.05) is 19.2 Å². The lowest BCUT2D eigenvalue weighted by Crippen LogP contribution is -2.48. The molecule has 1 aliphatic heterocycles. The molecule has 0 spiro atoms. The molecule has 0 bridgehead atoms. The molecule has 0 amide bonds. The Bertz CT molecular complexity index is 640. The molecule has 1 saturated heterocycles. The number of sulfonamides is 1. The second-order valence-electron chi connectivity index (χ2n) is 6.23. The van der Waals surface area contributed by atoms with E-state index in [0.717, 1.165) is 23.7 Å². The van der Waals surface area contributed by atoms with Crippen LogP contribution in [-0.2, 0) is 14.8 Å². The van der Waals surface area contributed by atoms with Gasteiger partial charge < -0.3 is 9.47 Å². The maximum atomic E-state index is 12.9. The highest BCUT2D eigenvalue weighted by atomic mass is 79.9. The molecule has 0 N–H and O–H groups in total. The van der Waals surface area contributed by atoms with Crippen molar-refractivity contribution in [3.63, 3.8) is 0 Å². The molecule has 1 fully saturated rings. The lowest BCUT2D eigenvalue weighted by molar-refractivity contribution is -0.0440. The molecule has 1 aromatic carbocycles. The van der Waals surface area contributed by atoms with Gasteiger partial charge in [-0.2, -0.15) is 4.31 Å². The molecule has 1 aliphatic rings. The van der Waals surface area contributed by atoms with Crippen LogP contribution in [0.3, 0.4) is 0 Å². The Balaban J connectivity index is 2.17. The van der Waals surface area contributed by atoms with Gasteiger partial charge in [-0.1, -0.05) is 19.8 Å². The SMILES string of the molecule is CCCCCOc1cc(S(=O)(=O)N2C[C@H](C)O[C@@H](C)C2)ccc1Br. The molecule has 1 aromatic rings. The Kier molecular flexibility index (Phi) is 7.10. The molecule has 1 heterocycles. The summed E-state index contributed by atoms with van der Waals surface area (Å²) in [6.45, 7) is 7.24. The smallest absolute Gasteiger partial charge is 0.243 e. The number of morpholine rings is 1. The molecule has 0 radical (unpaired) electrons. The lowest BCUT2D eigenvalue weighted by atomic mass is 10.3. The zero-order valence-corrected chi connectivity index (χ0v) is 16.9. The Morgan fingerprint density at radius 2 is 1.92 bits per heavy atom. The monoisotopic (exact) mass is 419 g/mol. The molecule has 0 aromatic heterocycles. The van der Waals surface area contributed by atoms with Crippen molar-refractivity contribution in [2.24, 2.45) is 0 Å². The van der Waals surface area contributed by atoms with Crippen LogP contribution in [0.4, 0.5) is 0 Å². The summed E-state index contributed by atoms with van der Waals surface area (Å²) in [5.74, 6) is 0.571. The summed E-state index contributed by atoms with van der Waals surface area (Å²) < 4.78 is 39.5. The van der Waals surface area contributed by atoms with E-state index in [-0.39, 0.29) is 17.1 Å². The number of benzene rings is 1. The van der Waals surface area contributed by atoms with Gasteiger partial charge in [0.15, 0.2) is 0 Å². The minimum absolute atomic E-state index is 0.108. The largest absolute Gasteiger partial charge is 0.492 e. The first-order chi connectivity index (χ1) is 11.3. The number of hydrogen-bond acceptors (Lipinski definition) is 4. The first-order valence-corrected chi connectivity index (χ1v) is 10.7. The van der Waals surface area contributed by atoms with Gasteiger partial charge in [-0.05, 0) is 48.3 Å². The van der Waals surface area contributed by atoms with Crippen LogP contribution in [0.1, 0.15) is 40.0 Å². The zero-order chi connectivity index (χ0) is 17.7. The van der Waals surface area contributed by atoms with E-state index in [9.17, 15) is 8.42 Å². The maximum Gasteiger partial charge on any atom is 0.243 e.